The van der Waals surface area contributed by atoms with Crippen molar-refractivity contribution >= 4 is 34.5 Å². The van der Waals surface area contributed by atoms with Crippen LogP contribution in [0.3, 0.4) is 0 Å². The number of hydrogen-bond donors (Lipinski definition) is 1. The van der Waals surface area contributed by atoms with Crippen molar-refractivity contribution < 1.29 is 4.79 Å². The summed E-state index contributed by atoms with van der Waals surface area (Å²) >= 11 is 6.67. The molecule has 0 bridgehead atoms. The van der Waals surface area contributed by atoms with E-state index >= 15 is 0 Å². The monoisotopic (exact) mass is 267 g/mol. The fraction of sp³-hybridized carbons (Fsp3) is 0.182. The Labute approximate surface area is 108 Å². The molecule has 0 aliphatic carbocycles. The van der Waals surface area contributed by atoms with Gasteiger partial charge in [-0.1, -0.05) is 30.4 Å². The highest BCUT2D eigenvalue weighted by Gasteiger charge is 2.11. The number of nitrogens with zero attached hydrogens (tertiary/aromatic N) is 2. The third-order valence-corrected chi connectivity index (χ3v) is 3.23. The number of amides is 1. The van der Waals surface area contributed by atoms with Crippen LogP contribution in [0.4, 0.5) is 5.69 Å². The molecule has 88 valence electrons. The normalized spacial score (nSPS) is 10.2. The van der Waals surface area contributed by atoms with Gasteiger partial charge >= 0.3 is 0 Å². The highest BCUT2D eigenvalue weighted by atomic mass is 35.5. The van der Waals surface area contributed by atoms with Crippen molar-refractivity contribution in [1.82, 2.24) is 10.2 Å². The van der Waals surface area contributed by atoms with Crippen molar-refractivity contribution in [3.8, 4) is 0 Å². The maximum Gasteiger partial charge on any atom is 0.286 e. The Morgan fingerprint density at radius 1 is 1.35 bits per heavy atom. The number of aromatic nitrogens is 2. The number of hydrogen-bond acceptors (Lipinski definition) is 4. The van der Waals surface area contributed by atoms with Gasteiger partial charge in [-0.15, -0.1) is 10.2 Å². The lowest BCUT2D eigenvalue weighted by Crippen LogP contribution is -2.11. The number of anilines is 1. The third-order valence-electron chi connectivity index (χ3n) is 2.21. The summed E-state index contributed by atoms with van der Waals surface area (Å²) in [7, 11) is 0. The number of nitrogens with one attached hydrogen (secondary N) is 1. The lowest BCUT2D eigenvalue weighted by molar-refractivity contribution is 0.102. The van der Waals surface area contributed by atoms with Crippen LogP contribution in [0.5, 0.6) is 0 Å². The first-order valence-electron chi connectivity index (χ1n) is 5.08. The Hall–Kier alpha value is -1.46. The molecule has 1 aromatic carbocycles. The molecule has 1 N–H and O–H groups in total. The fourth-order valence-electron chi connectivity index (χ4n) is 1.31. The second-order valence-corrected chi connectivity index (χ2v) is 4.92. The zero-order valence-electron chi connectivity index (χ0n) is 9.11. The molecule has 0 unspecified atom stereocenters. The summed E-state index contributed by atoms with van der Waals surface area (Å²) in [6, 6.07) is 7.67. The van der Waals surface area contributed by atoms with Crippen LogP contribution in [0, 0.1) is 0 Å². The van der Waals surface area contributed by atoms with Crippen LogP contribution in [0.1, 0.15) is 22.3 Å². The molecule has 1 aromatic heterocycles. The molecule has 2 rings (SSSR count). The van der Waals surface area contributed by atoms with Gasteiger partial charge < -0.3 is 5.32 Å². The molecular formula is C11H10ClN3OS. The van der Waals surface area contributed by atoms with Crippen molar-refractivity contribution in [1.29, 1.82) is 0 Å². The summed E-state index contributed by atoms with van der Waals surface area (Å²) in [6.45, 7) is 2.08. The maximum absolute atomic E-state index is 11.7. The predicted octanol–water partition coefficient (Wildman–Crippen LogP) is 3.01. The first kappa shape index (κ1) is 12.0. The molecule has 6 heteroatoms. The van der Waals surface area contributed by atoms with Crippen molar-refractivity contribution in [3.63, 3.8) is 0 Å². The molecule has 0 fully saturated rings. The van der Waals surface area contributed by atoms with Crippen LogP contribution in [-0.2, 0) is 6.42 Å². The Kier molecular flexibility index (Phi) is 3.71. The van der Waals surface area contributed by atoms with Gasteiger partial charge in [-0.25, -0.2) is 0 Å². The van der Waals surface area contributed by atoms with Crippen molar-refractivity contribution in [2.75, 3.05) is 5.32 Å². The van der Waals surface area contributed by atoms with E-state index in [0.717, 1.165) is 23.4 Å². The molecular weight excluding hydrogens is 258 g/mol. The second-order valence-electron chi connectivity index (χ2n) is 3.36. The lowest BCUT2D eigenvalue weighted by atomic mass is 10.1. The van der Waals surface area contributed by atoms with Crippen LogP contribution < -0.4 is 5.32 Å². The van der Waals surface area contributed by atoms with Crippen LogP contribution in [0.15, 0.2) is 24.3 Å². The van der Waals surface area contributed by atoms with Crippen molar-refractivity contribution in [2.24, 2.45) is 0 Å². The molecule has 0 spiro atoms. The Balaban J connectivity index is 2.07. The van der Waals surface area contributed by atoms with Crippen LogP contribution in [-0.4, -0.2) is 16.1 Å². The van der Waals surface area contributed by atoms with Crippen LogP contribution >= 0.6 is 22.9 Å². The Bertz CT molecular complexity index is 524. The molecule has 0 aliphatic heterocycles. The summed E-state index contributed by atoms with van der Waals surface area (Å²) < 4.78 is 0.261. The van der Waals surface area contributed by atoms with Gasteiger partial charge in [0.2, 0.25) is 9.47 Å². The molecule has 0 radical (unpaired) electrons. The third kappa shape index (κ3) is 3.01. The van der Waals surface area contributed by atoms with Crippen molar-refractivity contribution in [3.05, 3.63) is 39.3 Å². The van der Waals surface area contributed by atoms with E-state index in [1.165, 1.54) is 5.56 Å². The zero-order valence-corrected chi connectivity index (χ0v) is 10.7. The molecule has 17 heavy (non-hydrogen) atoms. The van der Waals surface area contributed by atoms with E-state index in [1.54, 1.807) is 0 Å². The largest absolute Gasteiger partial charge is 0.320 e. The smallest absolute Gasteiger partial charge is 0.286 e. The summed E-state index contributed by atoms with van der Waals surface area (Å²) in [6.07, 6.45) is 0.972. The first-order valence-corrected chi connectivity index (χ1v) is 6.28. The standard InChI is InChI=1S/C11H10ClN3OS/c1-2-7-3-5-8(6-4-7)13-9(16)10-14-15-11(12)17-10/h3-6H,2H2,1H3,(H,13,16). The van der Waals surface area contributed by atoms with Gasteiger partial charge in [0.05, 0.1) is 0 Å². The quantitative estimate of drug-likeness (QED) is 0.930. The topological polar surface area (TPSA) is 54.9 Å². The fourth-order valence-corrected chi connectivity index (χ4v) is 2.03. The Morgan fingerprint density at radius 2 is 2.06 bits per heavy atom. The van der Waals surface area contributed by atoms with Gasteiger partial charge in [0.15, 0.2) is 0 Å². The number of carbonyl (C=O) groups excluding carboxylic acids is 1. The van der Waals surface area contributed by atoms with E-state index in [4.69, 9.17) is 11.6 Å². The molecule has 1 amide bonds. The van der Waals surface area contributed by atoms with Gasteiger partial charge in [0, 0.05) is 5.69 Å². The molecule has 1 heterocycles. The molecule has 0 atom stereocenters. The number of rotatable bonds is 3. The average Bonchev–Trinajstić information content (AvgIpc) is 2.77. The van der Waals surface area contributed by atoms with E-state index in [1.807, 2.05) is 24.3 Å². The van der Waals surface area contributed by atoms with Crippen LogP contribution in [0.2, 0.25) is 4.47 Å². The maximum atomic E-state index is 11.7. The van der Waals surface area contributed by atoms with E-state index in [-0.39, 0.29) is 15.4 Å². The summed E-state index contributed by atoms with van der Waals surface area (Å²) in [5, 5.41) is 10.2. The molecule has 4 nitrogen and oxygen atoms in total. The van der Waals surface area contributed by atoms with Crippen LogP contribution in [0.25, 0.3) is 0 Å². The van der Waals surface area contributed by atoms with Gasteiger partial charge in [-0.05, 0) is 35.7 Å². The lowest BCUT2D eigenvalue weighted by Gasteiger charge is -2.03. The Morgan fingerprint density at radius 3 is 2.59 bits per heavy atom. The van der Waals surface area contributed by atoms with Gasteiger partial charge in [-0.2, -0.15) is 0 Å². The summed E-state index contributed by atoms with van der Waals surface area (Å²) in [5.74, 6) is -0.293. The SMILES string of the molecule is CCc1ccc(NC(=O)c2nnc(Cl)s2)cc1. The van der Waals surface area contributed by atoms with Crippen molar-refractivity contribution in [2.45, 2.75) is 13.3 Å². The average molecular weight is 268 g/mol. The molecule has 0 aliphatic rings. The first-order chi connectivity index (χ1) is 8.19. The number of benzene rings is 1. The summed E-state index contributed by atoms with van der Waals surface area (Å²) in [4.78, 5) is 11.7. The van der Waals surface area contributed by atoms with E-state index in [0.29, 0.717) is 0 Å². The van der Waals surface area contributed by atoms with E-state index in [9.17, 15) is 4.79 Å². The summed E-state index contributed by atoms with van der Waals surface area (Å²) in [5.41, 5.74) is 1.96. The molecule has 0 saturated carbocycles. The second kappa shape index (κ2) is 5.25. The molecule has 2 aromatic rings. The highest BCUT2D eigenvalue weighted by molar-refractivity contribution is 7.17. The minimum atomic E-state index is -0.293. The van der Waals surface area contributed by atoms with E-state index in [2.05, 4.69) is 22.4 Å². The number of carbonyl (C=O) groups is 1. The minimum absolute atomic E-state index is 0.259. The highest BCUT2D eigenvalue weighted by Crippen LogP contribution is 2.17. The zero-order chi connectivity index (χ0) is 12.3. The predicted molar refractivity (Wildman–Crippen MR) is 68.7 cm³/mol. The van der Waals surface area contributed by atoms with Gasteiger partial charge in [-0.3, -0.25) is 4.79 Å². The van der Waals surface area contributed by atoms with E-state index < -0.39 is 0 Å². The van der Waals surface area contributed by atoms with Gasteiger partial charge in [0.25, 0.3) is 5.91 Å². The number of halogens is 1. The number of aryl methyl sites for hydroxylation is 1. The molecule has 0 saturated heterocycles. The van der Waals surface area contributed by atoms with Gasteiger partial charge in [0.1, 0.15) is 0 Å². The minimum Gasteiger partial charge on any atom is -0.320 e.